The third-order valence-electron chi connectivity index (χ3n) is 14.2. The Kier molecular flexibility index (Phi) is 32.8. The number of halogens is 1. The summed E-state index contributed by atoms with van der Waals surface area (Å²) in [6.07, 6.45) is -3.04. The number of benzene rings is 5. The number of hydrogen-bond acceptors (Lipinski definition) is 21. The highest BCUT2D eigenvalue weighted by atomic mass is 35.5. The number of aliphatic hydroxyl groups excluding tert-OH is 2. The normalized spacial score (nSPS) is 14.8. The van der Waals surface area contributed by atoms with E-state index < -0.39 is 75.2 Å². The Morgan fingerprint density at radius 1 is 0.696 bits per heavy atom. The molecular weight excluding hydrogens is 1230 g/mol. The molecule has 2 heterocycles. The number of ether oxygens (including phenoxy) is 9. The molecule has 0 aromatic heterocycles. The van der Waals surface area contributed by atoms with Crippen LogP contribution in [0.3, 0.4) is 0 Å². The average molecular weight is 1320 g/mol. The Labute approximate surface area is 543 Å². The fourth-order valence-electron chi connectivity index (χ4n) is 9.27. The van der Waals surface area contributed by atoms with Gasteiger partial charge in [-0.15, -0.1) is 12.4 Å². The van der Waals surface area contributed by atoms with Crippen molar-refractivity contribution >= 4 is 46.5 Å². The Morgan fingerprint density at radius 3 is 1.67 bits per heavy atom. The van der Waals surface area contributed by atoms with Gasteiger partial charge in [0.1, 0.15) is 31.7 Å². The molecule has 500 valence electrons. The molecule has 0 aliphatic carbocycles. The number of amides is 2. The number of hydrogen-bond donors (Lipinski definition) is 4. The predicted molar refractivity (Wildman–Crippen MR) is 339 cm³/mol. The summed E-state index contributed by atoms with van der Waals surface area (Å²) in [6, 6.07) is 42.4. The Balaban J connectivity index is 0.000000312. The van der Waals surface area contributed by atoms with E-state index in [1.807, 2.05) is 119 Å². The summed E-state index contributed by atoms with van der Waals surface area (Å²) < 4.78 is 75.0. The number of non-ortho nitro benzene ring substituents is 1. The zero-order valence-corrected chi connectivity index (χ0v) is 54.0. The molecule has 2 fully saturated rings. The lowest BCUT2D eigenvalue weighted by Gasteiger charge is -2.35. The monoisotopic (exact) mass is 1320 g/mol. The molecule has 2 aliphatic heterocycles. The lowest BCUT2D eigenvalue weighted by Crippen LogP contribution is -2.52. The van der Waals surface area contributed by atoms with Crippen LogP contribution >= 0.6 is 12.4 Å². The maximum absolute atomic E-state index is 13.9. The van der Waals surface area contributed by atoms with E-state index in [-0.39, 0.29) is 113 Å². The number of alkyl carbamates (subject to hydrolysis) is 1. The molecule has 25 nitrogen and oxygen atoms in total. The molecule has 0 radical (unpaired) electrons. The number of nitrogens with one attached hydrogen (secondary N) is 1. The van der Waals surface area contributed by atoms with E-state index in [9.17, 15) is 43.1 Å². The third kappa shape index (κ3) is 27.9. The summed E-state index contributed by atoms with van der Waals surface area (Å²) in [6.45, 7) is 9.22. The van der Waals surface area contributed by atoms with Crippen LogP contribution in [0, 0.1) is 43.6 Å². The van der Waals surface area contributed by atoms with Gasteiger partial charge in [0, 0.05) is 50.7 Å². The zero-order valence-electron chi connectivity index (χ0n) is 52.3. The maximum Gasteiger partial charge on any atom is 0.514 e. The number of methoxy groups -OCH3 is 1. The number of nitriles is 2. The molecule has 0 saturated carbocycles. The van der Waals surface area contributed by atoms with Gasteiger partial charge in [-0.05, 0) is 89.6 Å². The second-order valence-electron chi connectivity index (χ2n) is 23.1. The van der Waals surface area contributed by atoms with Crippen LogP contribution < -0.4 is 20.5 Å². The molecule has 7 rings (SSSR count). The number of carbonyl (C=O) groups is 3. The SMILES string of the molecule is CC(C)(CCC#N)CN(C[C@@H](O)[C@@H](N)Cc1ccccc1)C(=O)OCc1ccccc1.COc1ccc(S(=O)(=O)N(C[C@@H](O)[C@H](Cc2ccccc2)NC(=O)OC2COCOC2)CC(C)(C)CCC#N)cc1.Cl.O=C(Oc1ccc([N+](=O)[O-])cc1)OC1COCOC1. The number of nitro benzene ring substituents is 1. The van der Waals surface area contributed by atoms with E-state index in [1.54, 1.807) is 12.1 Å². The minimum absolute atomic E-state index is 0. The van der Waals surface area contributed by atoms with Crippen LogP contribution in [-0.2, 0) is 62.6 Å². The quantitative estimate of drug-likeness (QED) is 0.0119. The van der Waals surface area contributed by atoms with E-state index in [2.05, 4.69) is 17.5 Å². The van der Waals surface area contributed by atoms with Gasteiger partial charge in [0.2, 0.25) is 10.0 Å². The number of nitrogens with two attached hydrogens (primary N) is 1. The molecule has 5 aromatic carbocycles. The zero-order chi connectivity index (χ0) is 66.2. The molecule has 92 heavy (non-hydrogen) atoms. The summed E-state index contributed by atoms with van der Waals surface area (Å²) in [5.41, 5.74) is 8.03. The standard InChI is InChI=1S/C29H39N3O8S.C25H33N3O3.C11H11NO7.ClH/c1-29(2,14-7-15-30)20-32(41(35,36)25-12-10-23(37-3)11-13-25)17-27(33)26(16-22-8-5-4-6-9-22)31-28(34)40-24-18-38-21-39-19-24;1-25(2,14-9-15-26)19-28(24(30)31-18-21-12-7-4-8-13-21)17-23(29)22(27)16-20-10-5-3-6-11-20;13-11(19-10-5-16-7-17-6-10)18-9-3-1-8(2-4-9)12(14)15;/h4-6,8-13,24,26-27,33H,7,14,16-21H2,1-3H3,(H,31,34);3-8,10-13,22-23,29H,9,14,16-19,27H2,1-2H3;1-4,10H,5-7H2;1H/t26-,27+;22-,23+;;/m00../s1. The number of sulfonamides is 1. The topological polar surface area (TPSA) is 344 Å². The summed E-state index contributed by atoms with van der Waals surface area (Å²) in [4.78, 5) is 48.5. The van der Waals surface area contributed by atoms with Gasteiger partial charge in [-0.2, -0.15) is 14.8 Å². The van der Waals surface area contributed by atoms with E-state index in [0.29, 0.717) is 38.0 Å². The van der Waals surface area contributed by atoms with Gasteiger partial charge in [-0.3, -0.25) is 10.1 Å². The van der Waals surface area contributed by atoms with Crippen molar-refractivity contribution < 1.29 is 80.6 Å². The van der Waals surface area contributed by atoms with Gasteiger partial charge in [0.25, 0.3) is 5.69 Å². The van der Waals surface area contributed by atoms with E-state index in [0.717, 1.165) is 16.7 Å². The van der Waals surface area contributed by atoms with Crippen LogP contribution in [-0.4, -0.2) is 161 Å². The number of nitro groups is 1. The van der Waals surface area contributed by atoms with Gasteiger partial charge >= 0.3 is 18.3 Å². The fourth-order valence-corrected chi connectivity index (χ4v) is 10.9. The Hall–Kier alpha value is -7.99. The van der Waals surface area contributed by atoms with E-state index in [4.69, 9.17) is 58.9 Å². The summed E-state index contributed by atoms with van der Waals surface area (Å²) in [5, 5.41) is 53.4. The summed E-state index contributed by atoms with van der Waals surface area (Å²) in [5.74, 6) is 0.664. The van der Waals surface area contributed by atoms with Crippen molar-refractivity contribution in [2.24, 2.45) is 16.6 Å². The highest BCUT2D eigenvalue weighted by molar-refractivity contribution is 7.89. The molecule has 0 bridgehead atoms. The lowest BCUT2D eigenvalue weighted by molar-refractivity contribution is -0.384. The second-order valence-corrected chi connectivity index (χ2v) is 25.0. The van der Waals surface area contributed by atoms with Crippen LogP contribution in [0.15, 0.2) is 144 Å². The van der Waals surface area contributed by atoms with Crippen molar-refractivity contribution in [3.63, 3.8) is 0 Å². The van der Waals surface area contributed by atoms with Crippen molar-refractivity contribution in [1.82, 2.24) is 14.5 Å². The maximum atomic E-state index is 13.9. The van der Waals surface area contributed by atoms with Crippen LogP contribution in [0.1, 0.15) is 70.1 Å². The average Bonchev–Trinajstić information content (AvgIpc) is 0.858. The van der Waals surface area contributed by atoms with Crippen molar-refractivity contribution in [3.05, 3.63) is 166 Å². The molecule has 5 aromatic rings. The minimum Gasteiger partial charge on any atom is -0.497 e. The van der Waals surface area contributed by atoms with Crippen LogP contribution in [0.25, 0.3) is 0 Å². The fraction of sp³-hybridized carbons (Fsp3) is 0.462. The smallest absolute Gasteiger partial charge is 0.497 e. The first-order valence-electron chi connectivity index (χ1n) is 29.4. The molecule has 2 aliphatic rings. The van der Waals surface area contributed by atoms with Gasteiger partial charge < -0.3 is 68.8 Å². The lowest BCUT2D eigenvalue weighted by atomic mass is 9.87. The highest BCUT2D eigenvalue weighted by Gasteiger charge is 2.36. The molecule has 0 spiro atoms. The van der Waals surface area contributed by atoms with Crippen molar-refractivity contribution in [1.29, 1.82) is 10.5 Å². The highest BCUT2D eigenvalue weighted by Crippen LogP contribution is 2.30. The number of carbonyl (C=O) groups excluding carboxylic acids is 3. The van der Waals surface area contributed by atoms with Gasteiger partial charge in [0.15, 0.2) is 12.2 Å². The number of rotatable bonds is 28. The Bertz CT molecular complexity index is 3190. The molecule has 0 unspecified atom stereocenters. The van der Waals surface area contributed by atoms with Crippen molar-refractivity contribution in [2.45, 2.75) is 114 Å². The van der Waals surface area contributed by atoms with Crippen molar-refractivity contribution in [3.8, 4) is 23.6 Å². The molecular formula is C65H84ClN7O18S. The van der Waals surface area contributed by atoms with Crippen LogP contribution in [0.5, 0.6) is 11.5 Å². The summed E-state index contributed by atoms with van der Waals surface area (Å²) >= 11 is 0. The van der Waals surface area contributed by atoms with Gasteiger partial charge in [-0.25, -0.2) is 22.8 Å². The first-order valence-corrected chi connectivity index (χ1v) is 30.9. The molecule has 4 atom stereocenters. The van der Waals surface area contributed by atoms with Crippen LogP contribution in [0.4, 0.5) is 20.1 Å². The first kappa shape index (κ1) is 76.5. The van der Waals surface area contributed by atoms with E-state index in [1.165, 1.54) is 52.7 Å². The van der Waals surface area contributed by atoms with Crippen LogP contribution in [0.2, 0.25) is 0 Å². The molecule has 5 N–H and O–H groups in total. The molecule has 27 heteroatoms. The van der Waals surface area contributed by atoms with Gasteiger partial charge in [-0.1, -0.05) is 119 Å². The van der Waals surface area contributed by atoms with E-state index >= 15 is 0 Å². The second kappa shape index (κ2) is 39.4. The Morgan fingerprint density at radius 2 is 1.17 bits per heavy atom. The summed E-state index contributed by atoms with van der Waals surface area (Å²) in [7, 11) is -2.59. The molecule has 2 saturated heterocycles. The number of nitrogens with zero attached hydrogens (tertiary/aromatic N) is 5. The largest absolute Gasteiger partial charge is 0.514 e. The molecule has 2 amide bonds. The minimum atomic E-state index is -4.08. The predicted octanol–water partition coefficient (Wildman–Crippen LogP) is 8.88. The van der Waals surface area contributed by atoms with Gasteiger partial charge in [0.05, 0.1) is 80.3 Å². The van der Waals surface area contributed by atoms with Crippen molar-refractivity contribution in [2.75, 3.05) is 73.3 Å². The number of aliphatic hydroxyl groups is 2. The first-order chi connectivity index (χ1) is 43.5. The third-order valence-corrected chi connectivity index (χ3v) is 16.0.